The fourth-order valence-corrected chi connectivity index (χ4v) is 3.33. The van der Waals surface area contributed by atoms with Gasteiger partial charge in [-0.3, -0.25) is 0 Å². The average Bonchev–Trinajstić information content (AvgIpc) is 3.50. The normalized spacial score (nSPS) is 13.4. The molecule has 1 aliphatic carbocycles. The molecule has 1 fully saturated rings. The van der Waals surface area contributed by atoms with Gasteiger partial charge >= 0.3 is 0 Å². The van der Waals surface area contributed by atoms with Crippen LogP contribution >= 0.6 is 0 Å². The zero-order valence-corrected chi connectivity index (χ0v) is 16.2. The van der Waals surface area contributed by atoms with Gasteiger partial charge < -0.3 is 4.57 Å². The smallest absolute Gasteiger partial charge is 0.200 e. The van der Waals surface area contributed by atoms with Gasteiger partial charge in [-0.2, -0.15) is 5.43 Å². The molecule has 4 aromatic rings. The Morgan fingerprint density at radius 3 is 2.55 bits per heavy atom. The summed E-state index contributed by atoms with van der Waals surface area (Å²) in [4.78, 5) is 8.75. The van der Waals surface area contributed by atoms with Crippen LogP contribution in [-0.2, 0) is 6.42 Å². The average molecular weight is 384 g/mol. The van der Waals surface area contributed by atoms with Crippen molar-refractivity contribution in [1.82, 2.24) is 24.7 Å². The number of benzene rings is 1. The topological polar surface area (TPSA) is 72.4 Å². The minimum absolute atomic E-state index is 0.550. The standard InChI is InChI=1S/C22H22N7/c1-2-21-23-13-18(14-24-21)16-8-10-28(11-9-16)27-19-5-3-4-17(12-19)22-26-25-15-29(22)20-6-7-20/h3-5,8-15,20,27H,2,6-7H2,1H3/q+1. The molecular weight excluding hydrogens is 362 g/mol. The van der Waals surface area contributed by atoms with E-state index in [1.165, 1.54) is 12.8 Å². The summed E-state index contributed by atoms with van der Waals surface area (Å²) in [5.41, 5.74) is 7.53. The molecule has 144 valence electrons. The highest BCUT2D eigenvalue weighted by Gasteiger charge is 2.26. The van der Waals surface area contributed by atoms with Crippen molar-refractivity contribution in [3.8, 4) is 22.5 Å². The van der Waals surface area contributed by atoms with Crippen molar-refractivity contribution in [3.05, 3.63) is 73.3 Å². The van der Waals surface area contributed by atoms with E-state index in [0.717, 1.165) is 40.4 Å². The molecule has 1 aromatic carbocycles. The molecule has 3 heterocycles. The van der Waals surface area contributed by atoms with Crippen LogP contribution in [-0.4, -0.2) is 24.7 Å². The van der Waals surface area contributed by atoms with E-state index in [0.29, 0.717) is 6.04 Å². The first kappa shape index (κ1) is 17.5. The number of hydrogen-bond donors (Lipinski definition) is 1. The van der Waals surface area contributed by atoms with Crippen molar-refractivity contribution in [3.63, 3.8) is 0 Å². The highest BCUT2D eigenvalue weighted by molar-refractivity contribution is 5.62. The second kappa shape index (κ2) is 7.43. The van der Waals surface area contributed by atoms with E-state index in [1.54, 1.807) is 0 Å². The van der Waals surface area contributed by atoms with Crippen LogP contribution in [0.5, 0.6) is 0 Å². The summed E-state index contributed by atoms with van der Waals surface area (Å²) in [6, 6.07) is 12.9. The predicted molar refractivity (Wildman–Crippen MR) is 110 cm³/mol. The summed E-state index contributed by atoms with van der Waals surface area (Å²) in [5, 5.41) is 8.42. The Hall–Kier alpha value is -3.61. The zero-order chi connectivity index (χ0) is 19.6. The number of nitrogens with one attached hydrogen (secondary N) is 1. The molecular formula is C22H22N7+. The molecule has 0 saturated heterocycles. The number of aryl methyl sites for hydroxylation is 1. The number of aromatic nitrogens is 6. The van der Waals surface area contributed by atoms with Crippen molar-refractivity contribution < 1.29 is 4.68 Å². The van der Waals surface area contributed by atoms with Crippen LogP contribution in [0.4, 0.5) is 5.69 Å². The van der Waals surface area contributed by atoms with E-state index in [4.69, 9.17) is 0 Å². The molecule has 0 amide bonds. The van der Waals surface area contributed by atoms with Gasteiger partial charge in [-0.25, -0.2) is 9.97 Å². The van der Waals surface area contributed by atoms with E-state index in [9.17, 15) is 0 Å². The third kappa shape index (κ3) is 3.71. The van der Waals surface area contributed by atoms with Crippen molar-refractivity contribution in [1.29, 1.82) is 0 Å². The third-order valence-electron chi connectivity index (χ3n) is 5.08. The molecule has 5 rings (SSSR count). The Labute approximate surface area is 169 Å². The SMILES string of the molecule is CCc1ncc(-c2cc[n+](Nc3cccc(-c4nncn4C4CC4)c3)cc2)cn1. The molecule has 1 N–H and O–H groups in total. The van der Waals surface area contributed by atoms with Crippen LogP contribution < -0.4 is 10.1 Å². The first-order chi connectivity index (χ1) is 14.3. The first-order valence-corrected chi connectivity index (χ1v) is 9.90. The fraction of sp³-hybridized carbons (Fsp3) is 0.227. The number of pyridine rings is 1. The lowest BCUT2D eigenvalue weighted by atomic mass is 10.1. The maximum absolute atomic E-state index is 4.38. The monoisotopic (exact) mass is 384 g/mol. The number of rotatable bonds is 6. The van der Waals surface area contributed by atoms with Crippen LogP contribution in [0, 0.1) is 0 Å². The number of hydrogen-bond acceptors (Lipinski definition) is 5. The Bertz CT molecular complexity index is 1110. The molecule has 0 bridgehead atoms. The molecule has 0 unspecified atom stereocenters. The first-order valence-electron chi connectivity index (χ1n) is 9.90. The Morgan fingerprint density at radius 1 is 1.03 bits per heavy atom. The van der Waals surface area contributed by atoms with Crippen LogP contribution in [0.15, 0.2) is 67.5 Å². The van der Waals surface area contributed by atoms with Gasteiger partial charge in [0, 0.05) is 48.1 Å². The Morgan fingerprint density at radius 2 is 1.83 bits per heavy atom. The largest absolute Gasteiger partial charge is 0.310 e. The van der Waals surface area contributed by atoms with Crippen molar-refractivity contribution in [2.75, 3.05) is 5.43 Å². The van der Waals surface area contributed by atoms with Crippen molar-refractivity contribution >= 4 is 5.69 Å². The number of anilines is 1. The van der Waals surface area contributed by atoms with Gasteiger partial charge in [0.05, 0.1) is 5.69 Å². The second-order valence-corrected chi connectivity index (χ2v) is 7.22. The van der Waals surface area contributed by atoms with Gasteiger partial charge in [-0.15, -0.1) is 10.2 Å². The maximum Gasteiger partial charge on any atom is 0.200 e. The van der Waals surface area contributed by atoms with E-state index < -0.39 is 0 Å². The van der Waals surface area contributed by atoms with Gasteiger partial charge in [0.1, 0.15) is 12.2 Å². The van der Waals surface area contributed by atoms with Gasteiger partial charge in [-0.05, 0) is 30.5 Å². The minimum atomic E-state index is 0.550. The second-order valence-electron chi connectivity index (χ2n) is 7.22. The maximum atomic E-state index is 4.38. The zero-order valence-electron chi connectivity index (χ0n) is 16.2. The Kier molecular flexibility index (Phi) is 4.48. The molecule has 1 aliphatic rings. The summed E-state index contributed by atoms with van der Waals surface area (Å²) in [6.45, 7) is 2.05. The lowest BCUT2D eigenvalue weighted by Crippen LogP contribution is -2.41. The minimum Gasteiger partial charge on any atom is -0.310 e. The van der Waals surface area contributed by atoms with Gasteiger partial charge in [-0.1, -0.05) is 23.7 Å². The van der Waals surface area contributed by atoms with E-state index in [1.807, 2.05) is 60.1 Å². The predicted octanol–water partition coefficient (Wildman–Crippen LogP) is 3.46. The lowest BCUT2D eigenvalue weighted by molar-refractivity contribution is -0.642. The fourth-order valence-electron chi connectivity index (χ4n) is 3.33. The molecule has 29 heavy (non-hydrogen) atoms. The van der Waals surface area contributed by atoms with Crippen LogP contribution in [0.25, 0.3) is 22.5 Å². The van der Waals surface area contributed by atoms with Gasteiger partial charge in [0.2, 0.25) is 0 Å². The highest BCUT2D eigenvalue weighted by atomic mass is 15.4. The number of nitrogens with zero attached hydrogens (tertiary/aromatic N) is 6. The van der Waals surface area contributed by atoms with E-state index in [-0.39, 0.29) is 0 Å². The summed E-state index contributed by atoms with van der Waals surface area (Å²) >= 11 is 0. The molecule has 0 atom stereocenters. The van der Waals surface area contributed by atoms with Gasteiger partial charge in [0.25, 0.3) is 0 Å². The van der Waals surface area contributed by atoms with Crippen molar-refractivity contribution in [2.24, 2.45) is 0 Å². The lowest BCUT2D eigenvalue weighted by Gasteiger charge is -2.07. The molecule has 0 radical (unpaired) electrons. The Balaban J connectivity index is 1.34. The van der Waals surface area contributed by atoms with E-state index in [2.05, 4.69) is 49.2 Å². The van der Waals surface area contributed by atoms with Gasteiger partial charge in [0.15, 0.2) is 18.2 Å². The van der Waals surface area contributed by atoms with Crippen LogP contribution in [0.1, 0.15) is 31.6 Å². The summed E-state index contributed by atoms with van der Waals surface area (Å²) in [5.74, 6) is 1.78. The molecule has 7 heteroatoms. The van der Waals surface area contributed by atoms with Crippen LogP contribution in [0.2, 0.25) is 0 Å². The summed E-state index contributed by atoms with van der Waals surface area (Å²) < 4.78 is 4.10. The highest BCUT2D eigenvalue weighted by Crippen LogP contribution is 2.37. The molecule has 7 nitrogen and oxygen atoms in total. The molecule has 0 aliphatic heterocycles. The molecule has 3 aromatic heterocycles. The van der Waals surface area contributed by atoms with Crippen LogP contribution in [0.3, 0.4) is 0 Å². The quantitative estimate of drug-likeness (QED) is 0.516. The molecule has 0 spiro atoms. The third-order valence-corrected chi connectivity index (χ3v) is 5.08. The summed E-state index contributed by atoms with van der Waals surface area (Å²) in [7, 11) is 0. The summed E-state index contributed by atoms with van der Waals surface area (Å²) in [6.07, 6.45) is 12.8. The van der Waals surface area contributed by atoms with E-state index >= 15 is 0 Å². The molecule has 1 saturated carbocycles. The van der Waals surface area contributed by atoms with Crippen molar-refractivity contribution in [2.45, 2.75) is 32.2 Å².